The molecule has 0 saturated carbocycles. The van der Waals surface area contributed by atoms with E-state index in [4.69, 9.17) is 0 Å². The van der Waals surface area contributed by atoms with Gasteiger partial charge in [-0.05, 0) is 26.7 Å². The maximum absolute atomic E-state index is 12.9. The number of benzene rings is 1. The molecular weight excluding hydrogens is 248 g/mol. The van der Waals surface area contributed by atoms with Crippen LogP contribution in [0.15, 0.2) is 41.5 Å². The Bertz CT molecular complexity index is 566. The molecule has 1 aromatic carbocycles. The van der Waals surface area contributed by atoms with Gasteiger partial charge < -0.3 is 0 Å². The highest BCUT2D eigenvalue weighted by atomic mass is 16.1. The lowest BCUT2D eigenvalue weighted by Crippen LogP contribution is -2.32. The molecule has 0 heterocycles. The van der Waals surface area contributed by atoms with Gasteiger partial charge in [-0.25, -0.2) is 0 Å². The van der Waals surface area contributed by atoms with Crippen LogP contribution >= 0.6 is 0 Å². The van der Waals surface area contributed by atoms with Gasteiger partial charge in [0.1, 0.15) is 0 Å². The Kier molecular flexibility index (Phi) is 3.94. The summed E-state index contributed by atoms with van der Waals surface area (Å²) in [6, 6.07) is 9.30. The van der Waals surface area contributed by atoms with Crippen LogP contribution in [0, 0.1) is 11.3 Å². The summed E-state index contributed by atoms with van der Waals surface area (Å²) in [6.07, 6.45) is 1.57. The van der Waals surface area contributed by atoms with Gasteiger partial charge >= 0.3 is 0 Å². The molecule has 20 heavy (non-hydrogen) atoms. The molecule has 2 nitrogen and oxygen atoms in total. The Hall–Kier alpha value is -1.70. The minimum Gasteiger partial charge on any atom is -0.294 e. The summed E-state index contributed by atoms with van der Waals surface area (Å²) in [6.45, 7) is 7.70. The summed E-state index contributed by atoms with van der Waals surface area (Å²) in [7, 11) is 0. The van der Waals surface area contributed by atoms with Crippen LogP contribution < -0.4 is 0 Å². The van der Waals surface area contributed by atoms with Crippen LogP contribution in [0.1, 0.15) is 50.9 Å². The Morgan fingerprint density at radius 3 is 2.30 bits per heavy atom. The normalized spacial score (nSPS) is 22.4. The van der Waals surface area contributed by atoms with Crippen molar-refractivity contribution in [3.8, 4) is 0 Å². The molecule has 0 amide bonds. The first-order chi connectivity index (χ1) is 9.38. The number of Topliss-reactive ketones (excluding diaryl/α,β-unsaturated/α-hetero) is 2. The van der Waals surface area contributed by atoms with Crippen LogP contribution in [-0.4, -0.2) is 11.6 Å². The highest BCUT2D eigenvalue weighted by Gasteiger charge is 2.45. The molecule has 1 aromatic rings. The van der Waals surface area contributed by atoms with Gasteiger partial charge in [0, 0.05) is 17.1 Å². The van der Waals surface area contributed by atoms with Crippen molar-refractivity contribution in [1.82, 2.24) is 0 Å². The molecule has 0 N–H and O–H groups in total. The number of hydrogen-bond donors (Lipinski definition) is 0. The maximum atomic E-state index is 12.9. The number of carbonyl (C=O) groups excluding carboxylic acids is 2. The van der Waals surface area contributed by atoms with E-state index in [1.165, 1.54) is 0 Å². The zero-order valence-electron chi connectivity index (χ0n) is 12.7. The molecule has 0 spiro atoms. The zero-order valence-corrected chi connectivity index (χ0v) is 12.7. The predicted octanol–water partition coefficient (Wildman–Crippen LogP) is 4.21. The molecule has 0 aliphatic heterocycles. The van der Waals surface area contributed by atoms with Crippen molar-refractivity contribution in [2.24, 2.45) is 11.3 Å². The van der Waals surface area contributed by atoms with Crippen LogP contribution in [0.5, 0.6) is 0 Å². The molecule has 1 aliphatic carbocycles. The molecule has 1 aliphatic rings. The van der Waals surface area contributed by atoms with Gasteiger partial charge in [-0.3, -0.25) is 9.59 Å². The van der Waals surface area contributed by atoms with Gasteiger partial charge in [-0.2, -0.15) is 0 Å². The smallest absolute Gasteiger partial charge is 0.173 e. The minimum absolute atomic E-state index is 0.0685. The average molecular weight is 270 g/mol. The highest BCUT2D eigenvalue weighted by Crippen LogP contribution is 2.46. The van der Waals surface area contributed by atoms with Crippen molar-refractivity contribution < 1.29 is 9.59 Å². The Balaban J connectivity index is 2.44. The van der Waals surface area contributed by atoms with Crippen molar-refractivity contribution in [1.29, 1.82) is 0 Å². The third-order valence-electron chi connectivity index (χ3n) is 4.29. The predicted molar refractivity (Wildman–Crippen MR) is 80.7 cm³/mol. The van der Waals surface area contributed by atoms with Gasteiger partial charge in [-0.15, -0.1) is 0 Å². The SMILES string of the molecule is CC1=C(C(=O)C(C)C)C(C)(C(=O)c2ccccc2)CC1. The summed E-state index contributed by atoms with van der Waals surface area (Å²) in [5.74, 6) is 0.117. The van der Waals surface area contributed by atoms with E-state index in [0.29, 0.717) is 5.56 Å². The molecule has 0 fully saturated rings. The summed E-state index contributed by atoms with van der Waals surface area (Å²) < 4.78 is 0. The first-order valence-corrected chi connectivity index (χ1v) is 7.22. The maximum Gasteiger partial charge on any atom is 0.173 e. The molecule has 2 rings (SSSR count). The fraction of sp³-hybridized carbons (Fsp3) is 0.444. The van der Waals surface area contributed by atoms with Crippen molar-refractivity contribution in [2.75, 3.05) is 0 Å². The number of allylic oxidation sites excluding steroid dienone is 2. The van der Waals surface area contributed by atoms with Gasteiger partial charge in [0.2, 0.25) is 0 Å². The van der Waals surface area contributed by atoms with E-state index in [9.17, 15) is 9.59 Å². The van der Waals surface area contributed by atoms with E-state index in [1.54, 1.807) is 0 Å². The third kappa shape index (κ3) is 2.35. The van der Waals surface area contributed by atoms with E-state index >= 15 is 0 Å². The quantitative estimate of drug-likeness (QED) is 0.768. The summed E-state index contributed by atoms with van der Waals surface area (Å²) in [5, 5.41) is 0. The molecule has 0 bridgehead atoms. The van der Waals surface area contributed by atoms with Crippen molar-refractivity contribution in [3.05, 3.63) is 47.0 Å². The second kappa shape index (κ2) is 5.35. The fourth-order valence-electron chi connectivity index (χ4n) is 3.06. The third-order valence-corrected chi connectivity index (χ3v) is 4.29. The minimum atomic E-state index is -0.660. The van der Waals surface area contributed by atoms with Crippen LogP contribution in [0.25, 0.3) is 0 Å². The number of rotatable bonds is 4. The van der Waals surface area contributed by atoms with Crippen LogP contribution in [-0.2, 0) is 4.79 Å². The Morgan fingerprint density at radius 1 is 1.15 bits per heavy atom. The summed E-state index contributed by atoms with van der Waals surface area (Å²) >= 11 is 0. The lowest BCUT2D eigenvalue weighted by atomic mass is 9.73. The number of hydrogen-bond acceptors (Lipinski definition) is 2. The van der Waals surface area contributed by atoms with Gasteiger partial charge in [0.25, 0.3) is 0 Å². The molecule has 1 unspecified atom stereocenters. The standard InChI is InChI=1S/C18H22O2/c1-12(2)16(19)15-13(3)10-11-18(15,4)17(20)14-8-6-5-7-9-14/h5-9,12H,10-11H2,1-4H3. The van der Waals surface area contributed by atoms with E-state index < -0.39 is 5.41 Å². The summed E-state index contributed by atoms with van der Waals surface area (Å²) in [4.78, 5) is 25.4. The molecule has 0 aromatic heterocycles. The number of carbonyl (C=O) groups is 2. The van der Waals surface area contributed by atoms with Gasteiger partial charge in [-0.1, -0.05) is 49.8 Å². The van der Waals surface area contributed by atoms with Crippen LogP contribution in [0.4, 0.5) is 0 Å². The number of ketones is 2. The summed E-state index contributed by atoms with van der Waals surface area (Å²) in [5.41, 5.74) is 1.86. The molecule has 0 saturated heterocycles. The highest BCUT2D eigenvalue weighted by molar-refractivity contribution is 6.11. The molecule has 0 radical (unpaired) electrons. The largest absolute Gasteiger partial charge is 0.294 e. The van der Waals surface area contributed by atoms with Crippen molar-refractivity contribution in [3.63, 3.8) is 0 Å². The second-order valence-electron chi connectivity index (χ2n) is 6.20. The van der Waals surface area contributed by atoms with Gasteiger partial charge in [0.05, 0.1) is 5.41 Å². The van der Waals surface area contributed by atoms with E-state index in [-0.39, 0.29) is 17.5 Å². The topological polar surface area (TPSA) is 34.1 Å². The van der Waals surface area contributed by atoms with E-state index in [2.05, 4.69) is 0 Å². The molecule has 2 heteroatoms. The van der Waals surface area contributed by atoms with E-state index in [0.717, 1.165) is 24.0 Å². The zero-order chi connectivity index (χ0) is 14.9. The lowest BCUT2D eigenvalue weighted by molar-refractivity contribution is -0.119. The molecular formula is C18H22O2. The molecule has 1 atom stereocenters. The lowest BCUT2D eigenvalue weighted by Gasteiger charge is -2.27. The van der Waals surface area contributed by atoms with Crippen molar-refractivity contribution in [2.45, 2.75) is 40.5 Å². The van der Waals surface area contributed by atoms with Crippen LogP contribution in [0.3, 0.4) is 0 Å². The Morgan fingerprint density at radius 2 is 1.75 bits per heavy atom. The first-order valence-electron chi connectivity index (χ1n) is 7.22. The second-order valence-corrected chi connectivity index (χ2v) is 6.20. The average Bonchev–Trinajstić information content (AvgIpc) is 2.75. The van der Waals surface area contributed by atoms with E-state index in [1.807, 2.05) is 58.0 Å². The first kappa shape index (κ1) is 14.7. The van der Waals surface area contributed by atoms with Crippen molar-refractivity contribution >= 4 is 11.6 Å². The fourth-order valence-corrected chi connectivity index (χ4v) is 3.06. The van der Waals surface area contributed by atoms with Gasteiger partial charge in [0.15, 0.2) is 11.6 Å². The molecule has 106 valence electrons. The monoisotopic (exact) mass is 270 g/mol. The van der Waals surface area contributed by atoms with Crippen LogP contribution in [0.2, 0.25) is 0 Å². The Labute approximate surface area is 120 Å².